The molecule has 1 saturated heterocycles. The Balaban J connectivity index is 0.00000176. The third-order valence-corrected chi connectivity index (χ3v) is 6.70. The fraction of sp³-hybridized carbons (Fsp3) is 0.647. The molecule has 1 fully saturated rings. The number of nitrogens with one attached hydrogen (secondary N) is 1. The van der Waals surface area contributed by atoms with Crippen LogP contribution in [0, 0.1) is 11.8 Å². The second-order valence-electron chi connectivity index (χ2n) is 6.82. The summed E-state index contributed by atoms with van der Waals surface area (Å²) in [5, 5.41) is 3.24. The summed E-state index contributed by atoms with van der Waals surface area (Å²) in [6.07, 6.45) is 10.5. The molecule has 0 aromatic heterocycles. The number of hydrogen-bond donors (Lipinski definition) is 1. The fourth-order valence-electron chi connectivity index (χ4n) is 3.44. The molecule has 3 aliphatic rings. The third-order valence-electron chi connectivity index (χ3n) is 5.05. The maximum atomic E-state index is 12.7. The third kappa shape index (κ3) is 2.88. The molecule has 1 amide bonds. The molecule has 0 saturated carbocycles. The van der Waals surface area contributed by atoms with Gasteiger partial charge in [-0.3, -0.25) is 9.79 Å². The summed E-state index contributed by atoms with van der Waals surface area (Å²) < 4.78 is -0.0502. The molecule has 3 atom stereocenters. The van der Waals surface area contributed by atoms with E-state index in [2.05, 4.69) is 50.4 Å². The van der Waals surface area contributed by atoms with Crippen molar-refractivity contribution in [2.75, 3.05) is 12.3 Å². The topological polar surface area (TPSA) is 41.5 Å². The number of allylic oxidation sites excluding steroid dienone is 3. The van der Waals surface area contributed by atoms with Crippen LogP contribution < -0.4 is 5.32 Å². The highest BCUT2D eigenvalue weighted by molar-refractivity contribution is 8.02. The molecule has 3 nitrogen and oxygen atoms in total. The lowest BCUT2D eigenvalue weighted by Gasteiger charge is -2.38. The van der Waals surface area contributed by atoms with Crippen LogP contribution in [0.5, 0.6) is 0 Å². The Morgan fingerprint density at radius 3 is 3.00 bits per heavy atom. The van der Waals surface area contributed by atoms with E-state index in [1.165, 1.54) is 0 Å². The number of hydrogen-bond acceptors (Lipinski definition) is 3. The van der Waals surface area contributed by atoms with Gasteiger partial charge in [0.1, 0.15) is 0 Å². The normalized spacial score (nSPS) is 32.6. The van der Waals surface area contributed by atoms with Crippen LogP contribution in [0.25, 0.3) is 0 Å². The summed E-state index contributed by atoms with van der Waals surface area (Å²) in [6, 6.07) is 0. The van der Waals surface area contributed by atoms with E-state index in [1.807, 2.05) is 11.8 Å². The second-order valence-corrected chi connectivity index (χ2v) is 8.12. The van der Waals surface area contributed by atoms with Crippen molar-refractivity contribution in [3.8, 4) is 0 Å². The summed E-state index contributed by atoms with van der Waals surface area (Å²) >= 11 is 1.90. The molecule has 1 N–H and O–H groups in total. The number of carbonyl (C=O) groups is 1. The molecular formula is C17H25ClN2OS. The lowest BCUT2D eigenvalue weighted by atomic mass is 9.74. The van der Waals surface area contributed by atoms with Gasteiger partial charge in [0.15, 0.2) is 0 Å². The number of amides is 1. The molecule has 0 aromatic carbocycles. The number of carbonyl (C=O) groups excluding carboxylic acids is 1. The zero-order chi connectivity index (χ0) is 15.1. The van der Waals surface area contributed by atoms with Gasteiger partial charge in [0.2, 0.25) is 5.91 Å². The van der Waals surface area contributed by atoms with Gasteiger partial charge in [0.25, 0.3) is 0 Å². The van der Waals surface area contributed by atoms with Crippen molar-refractivity contribution >= 4 is 35.8 Å². The summed E-state index contributed by atoms with van der Waals surface area (Å²) in [5.41, 5.74) is 1.04. The van der Waals surface area contributed by atoms with Crippen molar-refractivity contribution in [3.05, 3.63) is 24.3 Å². The number of rotatable bonds is 3. The maximum Gasteiger partial charge on any atom is 0.224 e. The van der Waals surface area contributed by atoms with E-state index in [-0.39, 0.29) is 34.5 Å². The quantitative estimate of drug-likeness (QED) is 0.855. The minimum absolute atomic E-state index is 0. The van der Waals surface area contributed by atoms with E-state index in [9.17, 15) is 4.79 Å². The van der Waals surface area contributed by atoms with Crippen LogP contribution in [0.15, 0.2) is 29.3 Å². The van der Waals surface area contributed by atoms with Crippen LogP contribution in [-0.2, 0) is 4.79 Å². The summed E-state index contributed by atoms with van der Waals surface area (Å²) in [4.78, 5) is 17.4. The highest BCUT2D eigenvalue weighted by Gasteiger charge is 2.54. The molecule has 2 aliphatic heterocycles. The lowest BCUT2D eigenvalue weighted by Crippen LogP contribution is -2.50. The van der Waals surface area contributed by atoms with E-state index in [1.54, 1.807) is 0 Å². The largest absolute Gasteiger partial charge is 0.351 e. The van der Waals surface area contributed by atoms with Gasteiger partial charge < -0.3 is 5.32 Å². The highest BCUT2D eigenvalue weighted by Crippen LogP contribution is 2.52. The number of aliphatic imine (C=N–C) groups is 1. The molecular weight excluding hydrogens is 316 g/mol. The molecule has 122 valence electrons. The van der Waals surface area contributed by atoms with Crippen molar-refractivity contribution in [3.63, 3.8) is 0 Å². The Kier molecular flexibility index (Phi) is 5.13. The Morgan fingerprint density at radius 1 is 1.50 bits per heavy atom. The van der Waals surface area contributed by atoms with E-state index in [0.717, 1.165) is 30.9 Å². The van der Waals surface area contributed by atoms with Crippen LogP contribution >= 0.6 is 24.2 Å². The molecule has 1 spiro atoms. The van der Waals surface area contributed by atoms with E-state index >= 15 is 0 Å². The van der Waals surface area contributed by atoms with E-state index in [4.69, 9.17) is 4.99 Å². The summed E-state index contributed by atoms with van der Waals surface area (Å²) in [6.45, 7) is 7.16. The number of nitrogens with zero attached hydrogens (tertiary/aromatic N) is 1. The van der Waals surface area contributed by atoms with Crippen molar-refractivity contribution < 1.29 is 4.79 Å². The van der Waals surface area contributed by atoms with Crippen LogP contribution in [0.2, 0.25) is 0 Å². The molecule has 1 aliphatic carbocycles. The average Bonchev–Trinajstić information content (AvgIpc) is 2.84. The minimum Gasteiger partial charge on any atom is -0.351 e. The Morgan fingerprint density at radius 2 is 2.27 bits per heavy atom. The van der Waals surface area contributed by atoms with Crippen molar-refractivity contribution in [1.29, 1.82) is 0 Å². The van der Waals surface area contributed by atoms with Crippen LogP contribution in [0.1, 0.15) is 33.6 Å². The molecule has 0 aromatic rings. The van der Waals surface area contributed by atoms with Gasteiger partial charge in [0.05, 0.1) is 16.4 Å². The standard InChI is InChI=1S/C17H24N2OS.ClH/c1-4-16(2,3)19-15(20)12-11-21-17-9-6-5-7-14(17)18-10-8-13(12)17;/h5-7,9,12-13H,4,8,10-11H2,1-3H3,(H,19,20);1H. The van der Waals surface area contributed by atoms with Crippen molar-refractivity contribution in [2.45, 2.75) is 43.9 Å². The molecule has 2 heterocycles. The zero-order valence-corrected chi connectivity index (χ0v) is 15.1. The Labute approximate surface area is 143 Å². The van der Waals surface area contributed by atoms with Gasteiger partial charge in [-0.25, -0.2) is 0 Å². The molecule has 3 rings (SSSR count). The smallest absolute Gasteiger partial charge is 0.224 e. The first-order valence-electron chi connectivity index (χ1n) is 7.85. The maximum absolute atomic E-state index is 12.7. The predicted molar refractivity (Wildman–Crippen MR) is 97.1 cm³/mol. The first-order chi connectivity index (χ1) is 9.98. The molecule has 0 radical (unpaired) electrons. The van der Waals surface area contributed by atoms with Crippen LogP contribution in [0.4, 0.5) is 0 Å². The van der Waals surface area contributed by atoms with Crippen molar-refractivity contribution in [1.82, 2.24) is 5.32 Å². The van der Waals surface area contributed by atoms with Gasteiger partial charge in [-0.15, -0.1) is 24.2 Å². The lowest BCUT2D eigenvalue weighted by molar-refractivity contribution is -0.127. The first kappa shape index (κ1) is 17.6. The SMILES string of the molecule is CCC(C)(C)NC(=O)C1CSC23C=CC=CC2=NCCC13.Cl. The van der Waals surface area contributed by atoms with Gasteiger partial charge >= 0.3 is 0 Å². The van der Waals surface area contributed by atoms with Crippen molar-refractivity contribution in [2.24, 2.45) is 16.8 Å². The predicted octanol–water partition coefficient (Wildman–Crippen LogP) is 3.40. The van der Waals surface area contributed by atoms with E-state index < -0.39 is 0 Å². The first-order valence-corrected chi connectivity index (χ1v) is 8.84. The van der Waals surface area contributed by atoms with Gasteiger partial charge in [-0.05, 0) is 38.7 Å². The minimum atomic E-state index is -0.120. The molecule has 0 bridgehead atoms. The zero-order valence-electron chi connectivity index (χ0n) is 13.5. The fourth-order valence-corrected chi connectivity index (χ4v) is 5.23. The second kappa shape index (κ2) is 6.40. The molecule has 22 heavy (non-hydrogen) atoms. The number of halogens is 1. The Bertz CT molecular complexity index is 541. The van der Waals surface area contributed by atoms with Crippen LogP contribution in [-0.4, -0.2) is 34.2 Å². The molecule has 3 unspecified atom stereocenters. The summed E-state index contributed by atoms with van der Waals surface area (Å²) in [7, 11) is 0. The molecule has 5 heteroatoms. The van der Waals surface area contributed by atoms with Crippen LogP contribution in [0.3, 0.4) is 0 Å². The van der Waals surface area contributed by atoms with E-state index in [0.29, 0.717) is 5.92 Å². The highest BCUT2D eigenvalue weighted by atomic mass is 35.5. The Hall–Kier alpha value is -0.740. The summed E-state index contributed by atoms with van der Waals surface area (Å²) in [5.74, 6) is 1.60. The number of thioether (sulfide) groups is 1. The van der Waals surface area contributed by atoms with Gasteiger partial charge in [-0.2, -0.15) is 0 Å². The van der Waals surface area contributed by atoms with Gasteiger partial charge in [0, 0.05) is 17.8 Å². The van der Waals surface area contributed by atoms with Gasteiger partial charge in [-0.1, -0.05) is 25.2 Å². The monoisotopic (exact) mass is 340 g/mol. The average molecular weight is 341 g/mol.